The van der Waals surface area contributed by atoms with Crippen molar-refractivity contribution in [1.82, 2.24) is 10.2 Å². The van der Waals surface area contributed by atoms with Crippen LogP contribution in [0.2, 0.25) is 0 Å². The van der Waals surface area contributed by atoms with Crippen LogP contribution in [-0.4, -0.2) is 42.5 Å². The summed E-state index contributed by atoms with van der Waals surface area (Å²) in [5.74, 6) is 0.390. The largest absolute Gasteiger partial charge is 0.484 e. The monoisotopic (exact) mass is 380 g/mol. The zero-order valence-electron chi connectivity index (χ0n) is 16.6. The van der Waals surface area contributed by atoms with Crippen molar-refractivity contribution in [2.75, 3.05) is 19.7 Å². The van der Waals surface area contributed by atoms with Crippen molar-refractivity contribution in [1.29, 1.82) is 0 Å². The molecular formula is C23H28N2O3. The molecule has 0 radical (unpaired) electrons. The van der Waals surface area contributed by atoms with E-state index in [-0.39, 0.29) is 18.4 Å². The molecule has 5 nitrogen and oxygen atoms in total. The number of hydrogen-bond acceptors (Lipinski definition) is 3. The summed E-state index contributed by atoms with van der Waals surface area (Å²) in [5.41, 5.74) is 3.16. The Kier molecular flexibility index (Phi) is 6.69. The minimum atomic E-state index is -0.573. The molecule has 2 aromatic rings. The summed E-state index contributed by atoms with van der Waals surface area (Å²) in [6.07, 6.45) is 2.52. The Balaban J connectivity index is 1.63. The van der Waals surface area contributed by atoms with E-state index in [0.29, 0.717) is 12.2 Å². The van der Waals surface area contributed by atoms with E-state index < -0.39 is 6.04 Å². The molecule has 1 aliphatic rings. The number of likely N-dealkylation sites (tertiary alicyclic amines) is 1. The number of hydrogen-bond donors (Lipinski definition) is 1. The maximum Gasteiger partial charge on any atom is 0.258 e. The lowest BCUT2D eigenvalue weighted by Crippen LogP contribution is -2.50. The van der Waals surface area contributed by atoms with E-state index in [0.717, 1.165) is 42.6 Å². The summed E-state index contributed by atoms with van der Waals surface area (Å²) in [6.45, 7) is 5.39. The number of nitrogens with one attached hydrogen (secondary N) is 1. The molecule has 2 amide bonds. The van der Waals surface area contributed by atoms with Gasteiger partial charge in [-0.1, -0.05) is 48.0 Å². The minimum Gasteiger partial charge on any atom is -0.484 e. The first-order valence-corrected chi connectivity index (χ1v) is 9.85. The van der Waals surface area contributed by atoms with Gasteiger partial charge in [-0.25, -0.2) is 0 Å². The lowest BCUT2D eigenvalue weighted by atomic mass is 10.0. The normalized spacial score (nSPS) is 14.6. The van der Waals surface area contributed by atoms with Gasteiger partial charge in [0.05, 0.1) is 0 Å². The molecule has 0 saturated carbocycles. The molecule has 1 unspecified atom stereocenters. The van der Waals surface area contributed by atoms with Crippen LogP contribution in [0.1, 0.15) is 29.5 Å². The molecule has 1 N–H and O–H groups in total. The summed E-state index contributed by atoms with van der Waals surface area (Å²) in [7, 11) is 0. The number of carbonyl (C=O) groups is 2. The molecule has 148 valence electrons. The molecule has 1 saturated heterocycles. The predicted octanol–water partition coefficient (Wildman–Crippen LogP) is 3.03. The molecule has 0 aromatic heterocycles. The van der Waals surface area contributed by atoms with Crippen molar-refractivity contribution in [3.8, 4) is 5.75 Å². The maximum absolute atomic E-state index is 12.9. The molecule has 1 aliphatic heterocycles. The lowest BCUT2D eigenvalue weighted by Gasteiger charge is -2.24. The highest BCUT2D eigenvalue weighted by Gasteiger charge is 2.28. The van der Waals surface area contributed by atoms with Gasteiger partial charge in [0.15, 0.2) is 6.61 Å². The van der Waals surface area contributed by atoms with Crippen LogP contribution in [0.15, 0.2) is 48.5 Å². The molecule has 1 heterocycles. The highest BCUT2D eigenvalue weighted by Crippen LogP contribution is 2.18. The SMILES string of the molecule is Cc1ccc(OCC(=O)NC(Cc2ccccc2)C(=O)N2CCCC2)c(C)c1. The van der Waals surface area contributed by atoms with Gasteiger partial charge in [0.1, 0.15) is 11.8 Å². The second kappa shape index (κ2) is 9.40. The third kappa shape index (κ3) is 5.35. The number of nitrogens with zero attached hydrogens (tertiary/aromatic N) is 1. The average Bonchev–Trinajstić information content (AvgIpc) is 3.22. The lowest BCUT2D eigenvalue weighted by molar-refractivity contribution is -0.136. The summed E-state index contributed by atoms with van der Waals surface area (Å²) in [4.78, 5) is 27.3. The number of benzene rings is 2. The Labute approximate surface area is 166 Å². The quantitative estimate of drug-likeness (QED) is 0.803. The van der Waals surface area contributed by atoms with Crippen LogP contribution in [0.5, 0.6) is 5.75 Å². The van der Waals surface area contributed by atoms with Crippen LogP contribution in [0.4, 0.5) is 0 Å². The van der Waals surface area contributed by atoms with E-state index in [9.17, 15) is 9.59 Å². The number of ether oxygens (including phenoxy) is 1. The minimum absolute atomic E-state index is 0.0128. The van der Waals surface area contributed by atoms with Gasteiger partial charge in [0.2, 0.25) is 5.91 Å². The number of carbonyl (C=O) groups excluding carboxylic acids is 2. The third-order valence-electron chi connectivity index (χ3n) is 5.02. The molecule has 0 bridgehead atoms. The first-order chi connectivity index (χ1) is 13.5. The van der Waals surface area contributed by atoms with Gasteiger partial charge in [0.25, 0.3) is 5.91 Å². The third-order valence-corrected chi connectivity index (χ3v) is 5.02. The summed E-state index contributed by atoms with van der Waals surface area (Å²) in [5, 5.41) is 2.89. The summed E-state index contributed by atoms with van der Waals surface area (Å²) < 4.78 is 5.67. The topological polar surface area (TPSA) is 58.6 Å². The van der Waals surface area contributed by atoms with Crippen molar-refractivity contribution in [3.63, 3.8) is 0 Å². The fourth-order valence-electron chi connectivity index (χ4n) is 3.55. The van der Waals surface area contributed by atoms with Crippen molar-refractivity contribution in [3.05, 3.63) is 65.2 Å². The van der Waals surface area contributed by atoms with Gasteiger partial charge in [-0.2, -0.15) is 0 Å². The Morgan fingerprint density at radius 1 is 1.07 bits per heavy atom. The van der Waals surface area contributed by atoms with Gasteiger partial charge >= 0.3 is 0 Å². The fourth-order valence-corrected chi connectivity index (χ4v) is 3.55. The van der Waals surface area contributed by atoms with E-state index >= 15 is 0 Å². The molecule has 28 heavy (non-hydrogen) atoms. The van der Waals surface area contributed by atoms with E-state index in [1.807, 2.05) is 67.3 Å². The Hall–Kier alpha value is -2.82. The molecule has 0 spiro atoms. The van der Waals surface area contributed by atoms with E-state index in [1.54, 1.807) is 0 Å². The van der Waals surface area contributed by atoms with E-state index in [1.165, 1.54) is 0 Å². The van der Waals surface area contributed by atoms with Gasteiger partial charge in [-0.05, 0) is 43.9 Å². The fraction of sp³-hybridized carbons (Fsp3) is 0.391. The molecule has 0 aliphatic carbocycles. The average molecular weight is 380 g/mol. The van der Waals surface area contributed by atoms with Crippen LogP contribution in [0.25, 0.3) is 0 Å². The van der Waals surface area contributed by atoms with Gasteiger partial charge in [-0.15, -0.1) is 0 Å². The summed E-state index contributed by atoms with van der Waals surface area (Å²) in [6, 6.07) is 15.0. The summed E-state index contributed by atoms with van der Waals surface area (Å²) >= 11 is 0. The number of aryl methyl sites for hydroxylation is 2. The van der Waals surface area contributed by atoms with Crippen molar-refractivity contribution in [2.24, 2.45) is 0 Å². The van der Waals surface area contributed by atoms with Gasteiger partial charge < -0.3 is 15.0 Å². The zero-order valence-corrected chi connectivity index (χ0v) is 16.6. The molecular weight excluding hydrogens is 352 g/mol. The molecule has 3 rings (SSSR count). The molecule has 5 heteroatoms. The highest BCUT2D eigenvalue weighted by molar-refractivity contribution is 5.88. The Morgan fingerprint density at radius 2 is 1.79 bits per heavy atom. The van der Waals surface area contributed by atoms with Gasteiger partial charge in [0, 0.05) is 19.5 Å². The standard InChI is InChI=1S/C23H28N2O3/c1-17-10-11-21(18(2)14-17)28-16-22(26)24-20(15-19-8-4-3-5-9-19)23(27)25-12-6-7-13-25/h3-5,8-11,14,20H,6-7,12-13,15-16H2,1-2H3,(H,24,26). The maximum atomic E-state index is 12.9. The van der Waals surface area contributed by atoms with Crippen molar-refractivity contribution >= 4 is 11.8 Å². The number of rotatable bonds is 7. The van der Waals surface area contributed by atoms with E-state index in [2.05, 4.69) is 5.32 Å². The molecule has 1 fully saturated rings. The second-order valence-electron chi connectivity index (χ2n) is 7.40. The Bertz CT molecular complexity index is 814. The molecule has 1 atom stereocenters. The van der Waals surface area contributed by atoms with Crippen LogP contribution in [0.3, 0.4) is 0 Å². The predicted molar refractivity (Wildman–Crippen MR) is 109 cm³/mol. The highest BCUT2D eigenvalue weighted by atomic mass is 16.5. The first-order valence-electron chi connectivity index (χ1n) is 9.85. The Morgan fingerprint density at radius 3 is 2.46 bits per heavy atom. The van der Waals surface area contributed by atoms with Crippen LogP contribution < -0.4 is 10.1 Å². The van der Waals surface area contributed by atoms with Crippen molar-refractivity contribution in [2.45, 2.75) is 39.2 Å². The van der Waals surface area contributed by atoms with Crippen molar-refractivity contribution < 1.29 is 14.3 Å². The van der Waals surface area contributed by atoms with Crippen LogP contribution in [-0.2, 0) is 16.0 Å². The first kappa shape index (κ1) is 19.9. The zero-order chi connectivity index (χ0) is 19.9. The second-order valence-corrected chi connectivity index (χ2v) is 7.40. The smallest absolute Gasteiger partial charge is 0.258 e. The van der Waals surface area contributed by atoms with E-state index in [4.69, 9.17) is 4.74 Å². The van der Waals surface area contributed by atoms with Crippen LogP contribution >= 0.6 is 0 Å². The van der Waals surface area contributed by atoms with Gasteiger partial charge in [-0.3, -0.25) is 9.59 Å². The molecule has 2 aromatic carbocycles. The number of amides is 2. The van der Waals surface area contributed by atoms with Crippen LogP contribution in [0, 0.1) is 13.8 Å².